The Morgan fingerprint density at radius 3 is 2.40 bits per heavy atom. The van der Waals surface area contributed by atoms with Crippen molar-refractivity contribution in [3.8, 4) is 11.5 Å². The second kappa shape index (κ2) is 7.79. The molecule has 1 heterocycles. The van der Waals surface area contributed by atoms with Crippen LogP contribution in [0.1, 0.15) is 17.5 Å². The van der Waals surface area contributed by atoms with Crippen LogP contribution in [0.5, 0.6) is 11.5 Å². The first-order chi connectivity index (χ1) is 12.1. The van der Waals surface area contributed by atoms with Crippen molar-refractivity contribution >= 4 is 5.69 Å². The van der Waals surface area contributed by atoms with Crippen molar-refractivity contribution in [3.63, 3.8) is 0 Å². The number of piperidine rings is 1. The lowest BCUT2D eigenvalue weighted by Gasteiger charge is -2.38. The molecule has 1 aliphatic rings. The van der Waals surface area contributed by atoms with Gasteiger partial charge in [0.1, 0.15) is 0 Å². The third-order valence-corrected chi connectivity index (χ3v) is 4.95. The summed E-state index contributed by atoms with van der Waals surface area (Å²) in [6, 6.07) is 15.1. The Labute approximate surface area is 150 Å². The fourth-order valence-electron chi connectivity index (χ4n) is 3.68. The van der Waals surface area contributed by atoms with Gasteiger partial charge in [0.2, 0.25) is 0 Å². The van der Waals surface area contributed by atoms with Crippen LogP contribution < -0.4 is 20.1 Å². The SMILES string of the molecule is COc1ccc(N2CC(N)CC(Cc3ccc(C)cc3)C2)cc1OC. The summed E-state index contributed by atoms with van der Waals surface area (Å²) in [4.78, 5) is 2.37. The third kappa shape index (κ3) is 4.26. The average molecular weight is 340 g/mol. The smallest absolute Gasteiger partial charge is 0.162 e. The lowest BCUT2D eigenvalue weighted by molar-refractivity contribution is 0.353. The van der Waals surface area contributed by atoms with Crippen molar-refractivity contribution in [3.05, 3.63) is 53.6 Å². The van der Waals surface area contributed by atoms with Crippen molar-refractivity contribution in [1.29, 1.82) is 0 Å². The summed E-state index contributed by atoms with van der Waals surface area (Å²) >= 11 is 0. The maximum Gasteiger partial charge on any atom is 0.162 e. The number of rotatable bonds is 5. The second-order valence-electron chi connectivity index (χ2n) is 7.00. The van der Waals surface area contributed by atoms with Gasteiger partial charge in [-0.2, -0.15) is 0 Å². The first kappa shape index (κ1) is 17.6. The van der Waals surface area contributed by atoms with Crippen molar-refractivity contribution < 1.29 is 9.47 Å². The van der Waals surface area contributed by atoms with Crippen LogP contribution in [-0.2, 0) is 6.42 Å². The summed E-state index contributed by atoms with van der Waals surface area (Å²) in [7, 11) is 3.33. The van der Waals surface area contributed by atoms with Crippen LogP contribution in [0.25, 0.3) is 0 Å². The van der Waals surface area contributed by atoms with E-state index in [1.807, 2.05) is 12.1 Å². The molecule has 0 spiro atoms. The van der Waals surface area contributed by atoms with Crippen LogP contribution in [-0.4, -0.2) is 33.4 Å². The van der Waals surface area contributed by atoms with Crippen LogP contribution in [0.2, 0.25) is 0 Å². The minimum Gasteiger partial charge on any atom is -0.493 e. The van der Waals surface area contributed by atoms with Gasteiger partial charge in [-0.25, -0.2) is 0 Å². The third-order valence-electron chi connectivity index (χ3n) is 4.95. The summed E-state index contributed by atoms with van der Waals surface area (Å²) in [5.74, 6) is 2.07. The Morgan fingerprint density at radius 2 is 1.72 bits per heavy atom. The molecule has 4 nitrogen and oxygen atoms in total. The van der Waals surface area contributed by atoms with Crippen LogP contribution in [0, 0.1) is 12.8 Å². The van der Waals surface area contributed by atoms with Crippen LogP contribution in [0.4, 0.5) is 5.69 Å². The van der Waals surface area contributed by atoms with Gasteiger partial charge in [0.15, 0.2) is 11.5 Å². The molecule has 1 saturated heterocycles. The zero-order chi connectivity index (χ0) is 17.8. The average Bonchev–Trinajstić information content (AvgIpc) is 2.62. The molecular formula is C21H28N2O2. The zero-order valence-electron chi connectivity index (χ0n) is 15.4. The highest BCUT2D eigenvalue weighted by Gasteiger charge is 2.26. The van der Waals surface area contributed by atoms with Gasteiger partial charge in [0.05, 0.1) is 14.2 Å². The van der Waals surface area contributed by atoms with E-state index in [0.29, 0.717) is 5.92 Å². The summed E-state index contributed by atoms with van der Waals surface area (Å²) in [6.07, 6.45) is 2.13. The molecule has 1 aliphatic heterocycles. The predicted octanol–water partition coefficient (Wildman–Crippen LogP) is 3.41. The fraction of sp³-hybridized carbons (Fsp3) is 0.429. The zero-order valence-corrected chi connectivity index (χ0v) is 15.4. The van der Waals surface area contributed by atoms with Gasteiger partial charge in [-0.05, 0) is 43.4 Å². The van der Waals surface area contributed by atoms with Crippen molar-refractivity contribution in [1.82, 2.24) is 0 Å². The molecule has 134 valence electrons. The summed E-state index contributed by atoms with van der Waals surface area (Å²) < 4.78 is 10.8. The van der Waals surface area contributed by atoms with Gasteiger partial charge < -0.3 is 20.1 Å². The molecule has 2 aromatic carbocycles. The van der Waals surface area contributed by atoms with E-state index in [-0.39, 0.29) is 6.04 Å². The van der Waals surface area contributed by atoms with E-state index in [1.54, 1.807) is 14.2 Å². The molecule has 0 saturated carbocycles. The quantitative estimate of drug-likeness (QED) is 0.906. The molecular weight excluding hydrogens is 312 g/mol. The van der Waals surface area contributed by atoms with Crippen LogP contribution in [0.15, 0.2) is 42.5 Å². The number of nitrogens with two attached hydrogens (primary N) is 1. The highest BCUT2D eigenvalue weighted by molar-refractivity contribution is 5.57. The molecule has 1 fully saturated rings. The Kier molecular flexibility index (Phi) is 5.49. The molecule has 0 radical (unpaired) electrons. The molecule has 4 heteroatoms. The largest absolute Gasteiger partial charge is 0.493 e. The molecule has 3 rings (SSSR count). The van der Waals surface area contributed by atoms with Gasteiger partial charge in [-0.15, -0.1) is 0 Å². The molecule has 2 atom stereocenters. The number of anilines is 1. The molecule has 25 heavy (non-hydrogen) atoms. The monoisotopic (exact) mass is 340 g/mol. The van der Waals surface area contributed by atoms with E-state index in [0.717, 1.165) is 43.1 Å². The van der Waals surface area contributed by atoms with Crippen molar-refractivity contribution in [2.24, 2.45) is 11.7 Å². The summed E-state index contributed by atoms with van der Waals surface area (Å²) in [5.41, 5.74) is 10.2. The highest BCUT2D eigenvalue weighted by Crippen LogP contribution is 2.33. The summed E-state index contributed by atoms with van der Waals surface area (Å²) in [6.45, 7) is 4.01. The number of ether oxygens (including phenoxy) is 2. The molecule has 0 bridgehead atoms. The molecule has 0 aromatic heterocycles. The lowest BCUT2D eigenvalue weighted by atomic mass is 9.88. The number of benzene rings is 2. The minimum atomic E-state index is 0.192. The topological polar surface area (TPSA) is 47.7 Å². The summed E-state index contributed by atoms with van der Waals surface area (Å²) in [5, 5.41) is 0. The van der Waals surface area contributed by atoms with Crippen molar-refractivity contribution in [2.75, 3.05) is 32.2 Å². The van der Waals surface area contributed by atoms with E-state index in [4.69, 9.17) is 15.2 Å². The molecule has 0 aliphatic carbocycles. The first-order valence-corrected chi connectivity index (χ1v) is 8.87. The van der Waals surface area contributed by atoms with Gasteiger partial charge in [-0.3, -0.25) is 0 Å². The van der Waals surface area contributed by atoms with E-state index < -0.39 is 0 Å². The number of methoxy groups -OCH3 is 2. The normalized spacial score (nSPS) is 20.4. The van der Waals surface area contributed by atoms with E-state index in [2.05, 4.69) is 42.2 Å². The Bertz CT molecular complexity index is 700. The molecule has 2 unspecified atom stereocenters. The Hall–Kier alpha value is -2.20. The van der Waals surface area contributed by atoms with Crippen LogP contribution in [0.3, 0.4) is 0 Å². The van der Waals surface area contributed by atoms with Gasteiger partial charge in [-0.1, -0.05) is 29.8 Å². The maximum atomic E-state index is 6.36. The Balaban J connectivity index is 1.75. The standard InChI is InChI=1S/C21H28N2O2/c1-15-4-6-16(7-5-15)10-17-11-18(22)14-23(13-17)19-8-9-20(24-2)21(12-19)25-3/h4-9,12,17-18H,10-11,13-14,22H2,1-3H3. The van der Waals surface area contributed by atoms with Gasteiger partial charge >= 0.3 is 0 Å². The number of nitrogens with zero attached hydrogens (tertiary/aromatic N) is 1. The highest BCUT2D eigenvalue weighted by atomic mass is 16.5. The van der Waals surface area contributed by atoms with Gasteiger partial charge in [0.25, 0.3) is 0 Å². The lowest BCUT2D eigenvalue weighted by Crippen LogP contribution is -2.47. The maximum absolute atomic E-state index is 6.36. The predicted molar refractivity (Wildman–Crippen MR) is 103 cm³/mol. The fourth-order valence-corrected chi connectivity index (χ4v) is 3.68. The second-order valence-corrected chi connectivity index (χ2v) is 7.00. The van der Waals surface area contributed by atoms with Crippen LogP contribution >= 0.6 is 0 Å². The van der Waals surface area contributed by atoms with Crippen molar-refractivity contribution in [2.45, 2.75) is 25.8 Å². The minimum absolute atomic E-state index is 0.192. The molecule has 2 aromatic rings. The number of hydrogen-bond acceptors (Lipinski definition) is 4. The number of hydrogen-bond donors (Lipinski definition) is 1. The molecule has 0 amide bonds. The first-order valence-electron chi connectivity index (χ1n) is 8.87. The van der Waals surface area contributed by atoms with E-state index in [1.165, 1.54) is 11.1 Å². The van der Waals surface area contributed by atoms with E-state index in [9.17, 15) is 0 Å². The number of aryl methyl sites for hydroxylation is 1. The van der Waals surface area contributed by atoms with E-state index >= 15 is 0 Å². The van der Waals surface area contributed by atoms with Gasteiger partial charge in [0, 0.05) is 30.9 Å². The Morgan fingerprint density at radius 1 is 1.00 bits per heavy atom. The molecule has 2 N–H and O–H groups in total.